The van der Waals surface area contributed by atoms with Crippen LogP contribution >= 0.6 is 0 Å². The summed E-state index contributed by atoms with van der Waals surface area (Å²) in [4.78, 5) is 23.7. The average Bonchev–Trinajstić information content (AvgIpc) is 2.63. The van der Waals surface area contributed by atoms with Gasteiger partial charge in [0, 0.05) is 12.2 Å². The fourth-order valence-electron chi connectivity index (χ4n) is 2.58. The van der Waals surface area contributed by atoms with Gasteiger partial charge in [-0.1, -0.05) is 12.1 Å². The van der Waals surface area contributed by atoms with Crippen LogP contribution in [0.2, 0.25) is 0 Å². The number of hydrogen-bond acceptors (Lipinski definition) is 7. The van der Waals surface area contributed by atoms with E-state index in [4.69, 9.17) is 5.14 Å². The van der Waals surface area contributed by atoms with E-state index in [1.165, 1.54) is 24.3 Å². The van der Waals surface area contributed by atoms with Crippen LogP contribution in [0.4, 0.5) is 17.1 Å². The number of nitrogens with one attached hydrogen (secondary N) is 2. The van der Waals surface area contributed by atoms with Crippen molar-refractivity contribution in [1.82, 2.24) is 0 Å². The average molecular weight is 387 g/mol. The van der Waals surface area contributed by atoms with Crippen LogP contribution in [0, 0.1) is 6.92 Å². The highest BCUT2D eigenvalue weighted by molar-refractivity contribution is 7.89. The van der Waals surface area contributed by atoms with Crippen LogP contribution < -0.4 is 26.6 Å². The number of nitrogens with two attached hydrogens (primary N) is 1. The lowest BCUT2D eigenvalue weighted by Gasteiger charge is -2.15. The van der Waals surface area contributed by atoms with Crippen molar-refractivity contribution < 1.29 is 13.5 Å². The largest absolute Gasteiger partial charge is 0.508 e. The number of sulfonamides is 1. The summed E-state index contributed by atoms with van der Waals surface area (Å²) >= 11 is 0. The maximum Gasteiger partial charge on any atom is 0.253 e. The first kappa shape index (κ1) is 18.6. The molecule has 0 aliphatic rings. The lowest BCUT2D eigenvalue weighted by atomic mass is 10.1. The number of phenolic OH excluding ortho intramolecular Hbond substituents is 1. The SMILES string of the molecule is Cc1cc(Nc2c(NCc3cccc(S(N)(=O)=O)c3)c(=O)c2=O)ccc1O. The third-order valence-corrected chi connectivity index (χ3v) is 4.98. The second-order valence-corrected chi connectivity index (χ2v) is 7.64. The molecule has 9 heteroatoms. The Balaban J connectivity index is 1.79. The molecule has 0 spiro atoms. The van der Waals surface area contributed by atoms with E-state index >= 15 is 0 Å². The van der Waals surface area contributed by atoms with Crippen LogP contribution in [0.3, 0.4) is 0 Å². The number of primary sulfonamides is 1. The summed E-state index contributed by atoms with van der Waals surface area (Å²) in [6.45, 7) is 1.85. The molecule has 0 amide bonds. The van der Waals surface area contributed by atoms with Crippen LogP contribution in [0.15, 0.2) is 56.9 Å². The standard InChI is InChI=1S/C18H17N3O5S/c1-10-7-12(5-6-14(10)22)21-16-15(17(23)18(16)24)20-9-11-3-2-4-13(8-11)27(19,25)26/h2-8,20-22H,9H2,1H3,(H2,19,25,26). The molecule has 3 aromatic rings. The molecule has 3 aromatic carbocycles. The minimum atomic E-state index is -3.83. The predicted molar refractivity (Wildman–Crippen MR) is 103 cm³/mol. The van der Waals surface area contributed by atoms with Crippen LogP contribution in [-0.4, -0.2) is 13.5 Å². The van der Waals surface area contributed by atoms with Gasteiger partial charge in [-0.05, 0) is 48.4 Å². The van der Waals surface area contributed by atoms with Crippen molar-refractivity contribution in [2.24, 2.45) is 5.14 Å². The quantitative estimate of drug-likeness (QED) is 0.369. The summed E-state index contributed by atoms with van der Waals surface area (Å²) < 4.78 is 22.8. The Hall–Kier alpha value is -3.17. The van der Waals surface area contributed by atoms with E-state index in [1.807, 2.05) is 0 Å². The van der Waals surface area contributed by atoms with E-state index in [9.17, 15) is 23.1 Å². The molecular weight excluding hydrogens is 370 g/mol. The van der Waals surface area contributed by atoms with Gasteiger partial charge in [0.15, 0.2) is 0 Å². The Bertz CT molecular complexity index is 1190. The first-order chi connectivity index (χ1) is 12.7. The van der Waals surface area contributed by atoms with Crippen molar-refractivity contribution in [2.75, 3.05) is 10.6 Å². The fourth-order valence-corrected chi connectivity index (χ4v) is 3.16. The molecule has 0 aliphatic heterocycles. The maximum atomic E-state index is 11.9. The number of aryl methyl sites for hydroxylation is 1. The molecule has 0 saturated heterocycles. The van der Waals surface area contributed by atoms with Gasteiger partial charge >= 0.3 is 0 Å². The normalized spacial score (nSPS) is 11.5. The summed E-state index contributed by atoms with van der Waals surface area (Å²) in [5, 5.41) is 20.4. The van der Waals surface area contributed by atoms with Crippen molar-refractivity contribution >= 4 is 27.1 Å². The highest BCUT2D eigenvalue weighted by atomic mass is 32.2. The smallest absolute Gasteiger partial charge is 0.253 e. The highest BCUT2D eigenvalue weighted by Gasteiger charge is 2.21. The Labute approximate surface area is 155 Å². The number of phenols is 1. The topological polar surface area (TPSA) is 139 Å². The van der Waals surface area contributed by atoms with Crippen molar-refractivity contribution in [3.63, 3.8) is 0 Å². The molecule has 0 radical (unpaired) electrons. The summed E-state index contributed by atoms with van der Waals surface area (Å²) in [6.07, 6.45) is 0. The van der Waals surface area contributed by atoms with Crippen molar-refractivity contribution in [3.8, 4) is 5.75 Å². The lowest BCUT2D eigenvalue weighted by Crippen LogP contribution is -2.36. The monoisotopic (exact) mass is 387 g/mol. The zero-order valence-electron chi connectivity index (χ0n) is 14.3. The minimum absolute atomic E-state index is 0.0373. The molecule has 0 aromatic heterocycles. The summed E-state index contributed by atoms with van der Waals surface area (Å²) in [7, 11) is -3.83. The molecular formula is C18H17N3O5S. The molecule has 0 heterocycles. The fraction of sp³-hybridized carbons (Fsp3) is 0.111. The first-order valence-electron chi connectivity index (χ1n) is 7.92. The van der Waals surface area contributed by atoms with E-state index in [0.717, 1.165) is 0 Å². The van der Waals surface area contributed by atoms with E-state index in [0.29, 0.717) is 16.8 Å². The number of hydrogen-bond donors (Lipinski definition) is 4. The van der Waals surface area contributed by atoms with E-state index < -0.39 is 20.9 Å². The predicted octanol–water partition coefficient (Wildman–Crippen LogP) is 1.30. The Morgan fingerprint density at radius 1 is 1.04 bits per heavy atom. The molecule has 27 heavy (non-hydrogen) atoms. The Morgan fingerprint density at radius 2 is 1.74 bits per heavy atom. The van der Waals surface area contributed by atoms with E-state index in [-0.39, 0.29) is 28.6 Å². The van der Waals surface area contributed by atoms with Crippen molar-refractivity contribution in [3.05, 3.63) is 74.0 Å². The van der Waals surface area contributed by atoms with Gasteiger partial charge in [0.2, 0.25) is 10.0 Å². The molecule has 0 saturated carbocycles. The second-order valence-electron chi connectivity index (χ2n) is 6.08. The van der Waals surface area contributed by atoms with Gasteiger partial charge in [-0.3, -0.25) is 9.59 Å². The van der Waals surface area contributed by atoms with Gasteiger partial charge in [0.05, 0.1) is 4.90 Å². The molecule has 8 nitrogen and oxygen atoms in total. The van der Waals surface area contributed by atoms with Gasteiger partial charge in [-0.15, -0.1) is 0 Å². The molecule has 0 bridgehead atoms. The molecule has 0 aliphatic carbocycles. The number of benzene rings is 2. The molecule has 0 unspecified atom stereocenters. The highest BCUT2D eigenvalue weighted by Crippen LogP contribution is 2.25. The van der Waals surface area contributed by atoms with E-state index in [1.54, 1.807) is 25.1 Å². The van der Waals surface area contributed by atoms with Gasteiger partial charge in [0.25, 0.3) is 10.9 Å². The molecule has 0 fully saturated rings. The molecule has 3 rings (SSSR count). The molecule has 0 atom stereocenters. The number of anilines is 3. The van der Waals surface area contributed by atoms with Gasteiger partial charge in [-0.2, -0.15) is 0 Å². The third-order valence-electron chi connectivity index (χ3n) is 4.07. The van der Waals surface area contributed by atoms with Crippen molar-refractivity contribution in [2.45, 2.75) is 18.4 Å². The molecule has 140 valence electrons. The summed E-state index contributed by atoms with van der Waals surface area (Å²) in [5.41, 5.74) is 0.683. The Kier molecular flexibility index (Phi) is 4.73. The number of rotatable bonds is 6. The van der Waals surface area contributed by atoms with Gasteiger partial charge in [0.1, 0.15) is 17.1 Å². The zero-order valence-corrected chi connectivity index (χ0v) is 15.1. The van der Waals surface area contributed by atoms with Gasteiger partial charge < -0.3 is 15.7 Å². The third kappa shape index (κ3) is 3.83. The van der Waals surface area contributed by atoms with Crippen LogP contribution in [0.5, 0.6) is 5.75 Å². The first-order valence-corrected chi connectivity index (χ1v) is 9.47. The summed E-state index contributed by atoms with van der Waals surface area (Å²) in [6, 6.07) is 10.7. The van der Waals surface area contributed by atoms with E-state index in [2.05, 4.69) is 10.6 Å². The van der Waals surface area contributed by atoms with Crippen LogP contribution in [0.25, 0.3) is 0 Å². The molecule has 5 N–H and O–H groups in total. The lowest BCUT2D eigenvalue weighted by molar-refractivity contribution is 0.471. The Morgan fingerprint density at radius 3 is 2.41 bits per heavy atom. The maximum absolute atomic E-state index is 11.9. The van der Waals surface area contributed by atoms with Crippen molar-refractivity contribution in [1.29, 1.82) is 0 Å². The number of aromatic hydroxyl groups is 1. The minimum Gasteiger partial charge on any atom is -0.508 e. The van der Waals surface area contributed by atoms with Gasteiger partial charge in [-0.25, -0.2) is 13.6 Å². The second kappa shape index (κ2) is 6.86. The zero-order chi connectivity index (χ0) is 19.8. The van der Waals surface area contributed by atoms with Crippen LogP contribution in [0.1, 0.15) is 11.1 Å². The summed E-state index contributed by atoms with van der Waals surface area (Å²) in [5.74, 6) is 0.124. The van der Waals surface area contributed by atoms with Crippen LogP contribution in [-0.2, 0) is 16.6 Å².